The number of amides is 2. The van der Waals surface area contributed by atoms with Crippen molar-refractivity contribution >= 4 is 23.5 Å². The summed E-state index contributed by atoms with van der Waals surface area (Å²) in [5.41, 5.74) is 2.88. The van der Waals surface area contributed by atoms with E-state index in [1.165, 1.54) is 12.5 Å². The summed E-state index contributed by atoms with van der Waals surface area (Å²) in [5, 5.41) is 0. The number of fused-ring (bicyclic) bond motifs is 1. The fourth-order valence-corrected chi connectivity index (χ4v) is 4.52. The first-order valence-corrected chi connectivity index (χ1v) is 11.6. The van der Waals surface area contributed by atoms with E-state index >= 15 is 0 Å². The third-order valence-corrected chi connectivity index (χ3v) is 6.21. The Morgan fingerprint density at radius 3 is 2.42 bits per heavy atom. The third kappa shape index (κ3) is 5.53. The summed E-state index contributed by atoms with van der Waals surface area (Å²) in [7, 11) is 0. The van der Waals surface area contributed by atoms with Crippen molar-refractivity contribution in [2.75, 3.05) is 31.2 Å². The van der Waals surface area contributed by atoms with Gasteiger partial charge in [0, 0.05) is 50.1 Å². The van der Waals surface area contributed by atoms with E-state index in [0.717, 1.165) is 24.9 Å². The molecule has 33 heavy (non-hydrogen) atoms. The molecular weight excluding hydrogens is 420 g/mol. The Morgan fingerprint density at radius 2 is 1.70 bits per heavy atom. The second kappa shape index (κ2) is 10.5. The van der Waals surface area contributed by atoms with E-state index in [1.54, 1.807) is 24.3 Å². The van der Waals surface area contributed by atoms with Gasteiger partial charge in [-0.25, -0.2) is 0 Å². The SMILES string of the molecule is CC(=O)OCCCOc1ccc(C(=O)N2CCC(N3C(=O)CCc4ccccc43)CC2)cc1. The highest BCUT2D eigenvalue weighted by molar-refractivity contribution is 5.97. The lowest BCUT2D eigenvalue weighted by molar-refractivity contribution is -0.141. The molecule has 0 saturated carbocycles. The molecule has 1 saturated heterocycles. The average molecular weight is 451 g/mol. The molecular formula is C26H30N2O5. The van der Waals surface area contributed by atoms with Crippen LogP contribution < -0.4 is 9.64 Å². The van der Waals surface area contributed by atoms with Gasteiger partial charge in [0.1, 0.15) is 5.75 Å². The molecule has 1 fully saturated rings. The van der Waals surface area contributed by atoms with Crippen LogP contribution in [0, 0.1) is 0 Å². The van der Waals surface area contributed by atoms with Crippen LogP contribution in [0.1, 0.15) is 48.5 Å². The van der Waals surface area contributed by atoms with E-state index in [0.29, 0.717) is 50.5 Å². The first-order chi connectivity index (χ1) is 16.0. The van der Waals surface area contributed by atoms with Crippen LogP contribution in [0.2, 0.25) is 0 Å². The number of esters is 1. The Hall–Kier alpha value is -3.35. The number of hydrogen-bond acceptors (Lipinski definition) is 5. The van der Waals surface area contributed by atoms with Crippen LogP contribution in [0.3, 0.4) is 0 Å². The van der Waals surface area contributed by atoms with Gasteiger partial charge in [-0.2, -0.15) is 0 Å². The minimum absolute atomic E-state index is 0.000212. The van der Waals surface area contributed by atoms with Gasteiger partial charge in [0.2, 0.25) is 5.91 Å². The smallest absolute Gasteiger partial charge is 0.302 e. The summed E-state index contributed by atoms with van der Waals surface area (Å²) < 4.78 is 10.5. The highest BCUT2D eigenvalue weighted by Gasteiger charge is 2.33. The number of benzene rings is 2. The van der Waals surface area contributed by atoms with Crippen LogP contribution >= 0.6 is 0 Å². The molecule has 0 spiro atoms. The first-order valence-electron chi connectivity index (χ1n) is 11.6. The number of rotatable bonds is 7. The van der Waals surface area contributed by atoms with Crippen LogP contribution in [0.15, 0.2) is 48.5 Å². The standard InChI is InChI=1S/C26H30N2O5/c1-19(29)32-17-4-18-33-23-10-7-21(8-11-23)26(31)27-15-13-22(14-16-27)28-24-6-3-2-5-20(24)9-12-25(28)30/h2-3,5-8,10-11,22H,4,9,12-18H2,1H3. The minimum Gasteiger partial charge on any atom is -0.493 e. The van der Waals surface area contributed by atoms with Crippen molar-refractivity contribution in [3.8, 4) is 5.75 Å². The number of carbonyl (C=O) groups excluding carboxylic acids is 3. The molecule has 2 aromatic rings. The summed E-state index contributed by atoms with van der Waals surface area (Å²) in [4.78, 5) is 40.2. The van der Waals surface area contributed by atoms with Crippen LogP contribution in [0.5, 0.6) is 5.75 Å². The fourth-order valence-electron chi connectivity index (χ4n) is 4.52. The van der Waals surface area contributed by atoms with Gasteiger partial charge in [-0.3, -0.25) is 14.4 Å². The summed E-state index contributed by atoms with van der Waals surface area (Å²) in [6, 6.07) is 15.4. The molecule has 0 aliphatic carbocycles. The number of carbonyl (C=O) groups is 3. The third-order valence-electron chi connectivity index (χ3n) is 6.21. The number of nitrogens with zero attached hydrogens (tertiary/aromatic N) is 2. The normalized spacial score (nSPS) is 16.3. The quantitative estimate of drug-likeness (QED) is 0.476. The van der Waals surface area contributed by atoms with Crippen molar-refractivity contribution in [3.63, 3.8) is 0 Å². The predicted molar refractivity (Wildman–Crippen MR) is 124 cm³/mol. The maximum absolute atomic E-state index is 13.0. The Kier molecular flexibility index (Phi) is 7.27. The highest BCUT2D eigenvalue weighted by atomic mass is 16.5. The van der Waals surface area contributed by atoms with Crippen molar-refractivity contribution in [1.82, 2.24) is 4.90 Å². The lowest BCUT2D eigenvalue weighted by Gasteiger charge is -2.41. The highest BCUT2D eigenvalue weighted by Crippen LogP contribution is 2.32. The van der Waals surface area contributed by atoms with Gasteiger partial charge in [0.15, 0.2) is 0 Å². The Labute approximate surface area is 194 Å². The van der Waals surface area contributed by atoms with Crippen molar-refractivity contribution in [3.05, 3.63) is 59.7 Å². The van der Waals surface area contributed by atoms with Gasteiger partial charge in [-0.15, -0.1) is 0 Å². The lowest BCUT2D eigenvalue weighted by Crippen LogP contribution is -2.50. The number of ether oxygens (including phenoxy) is 2. The summed E-state index contributed by atoms with van der Waals surface area (Å²) in [6.45, 7) is 3.40. The first kappa shape index (κ1) is 22.8. The molecule has 174 valence electrons. The molecule has 7 heteroatoms. The summed E-state index contributed by atoms with van der Waals surface area (Å²) in [6.07, 6.45) is 3.51. The van der Waals surface area contributed by atoms with E-state index in [-0.39, 0.29) is 23.8 Å². The number of para-hydroxylation sites is 1. The van der Waals surface area contributed by atoms with Gasteiger partial charge in [-0.05, 0) is 55.2 Å². The minimum atomic E-state index is -0.297. The number of likely N-dealkylation sites (tertiary alicyclic amines) is 1. The molecule has 2 aromatic carbocycles. The molecule has 4 rings (SSSR count). The zero-order valence-electron chi connectivity index (χ0n) is 19.0. The van der Waals surface area contributed by atoms with Crippen molar-refractivity contribution in [1.29, 1.82) is 0 Å². The number of piperidine rings is 1. The van der Waals surface area contributed by atoms with Crippen LogP contribution in [-0.2, 0) is 20.7 Å². The van der Waals surface area contributed by atoms with E-state index in [4.69, 9.17) is 9.47 Å². The van der Waals surface area contributed by atoms with Crippen molar-refractivity contribution in [2.45, 2.75) is 45.1 Å². The van der Waals surface area contributed by atoms with Gasteiger partial charge in [0.05, 0.1) is 13.2 Å². The Bertz CT molecular complexity index is 996. The maximum atomic E-state index is 13.0. The second-order valence-electron chi connectivity index (χ2n) is 8.48. The second-order valence-corrected chi connectivity index (χ2v) is 8.48. The Morgan fingerprint density at radius 1 is 0.970 bits per heavy atom. The van der Waals surface area contributed by atoms with Crippen LogP contribution in [0.4, 0.5) is 5.69 Å². The van der Waals surface area contributed by atoms with Gasteiger partial charge in [0.25, 0.3) is 5.91 Å². The van der Waals surface area contributed by atoms with E-state index in [2.05, 4.69) is 6.07 Å². The number of anilines is 1. The molecule has 0 unspecified atom stereocenters. The zero-order chi connectivity index (χ0) is 23.2. The molecule has 0 bridgehead atoms. The molecule has 7 nitrogen and oxygen atoms in total. The van der Waals surface area contributed by atoms with Crippen LogP contribution in [-0.4, -0.2) is 55.0 Å². The largest absolute Gasteiger partial charge is 0.493 e. The number of hydrogen-bond donors (Lipinski definition) is 0. The van der Waals surface area contributed by atoms with Gasteiger partial charge >= 0.3 is 5.97 Å². The maximum Gasteiger partial charge on any atom is 0.302 e. The van der Waals surface area contributed by atoms with E-state index < -0.39 is 0 Å². The van der Waals surface area contributed by atoms with Crippen molar-refractivity contribution in [2.24, 2.45) is 0 Å². The van der Waals surface area contributed by atoms with Crippen LogP contribution in [0.25, 0.3) is 0 Å². The monoisotopic (exact) mass is 450 g/mol. The molecule has 2 aliphatic rings. The lowest BCUT2D eigenvalue weighted by atomic mass is 9.95. The van der Waals surface area contributed by atoms with Crippen molar-refractivity contribution < 1.29 is 23.9 Å². The molecule has 2 heterocycles. The molecule has 2 aliphatic heterocycles. The van der Waals surface area contributed by atoms with E-state index in [9.17, 15) is 14.4 Å². The molecule has 0 radical (unpaired) electrons. The topological polar surface area (TPSA) is 76.2 Å². The molecule has 2 amide bonds. The molecule has 0 N–H and O–H groups in total. The van der Waals surface area contributed by atoms with Gasteiger partial charge < -0.3 is 19.3 Å². The number of aryl methyl sites for hydroxylation is 1. The fraction of sp³-hybridized carbons (Fsp3) is 0.423. The summed E-state index contributed by atoms with van der Waals surface area (Å²) >= 11 is 0. The summed E-state index contributed by atoms with van der Waals surface area (Å²) in [5.74, 6) is 0.562. The molecule has 0 aromatic heterocycles. The molecule has 0 atom stereocenters. The van der Waals surface area contributed by atoms with E-state index in [1.807, 2.05) is 28.0 Å². The zero-order valence-corrected chi connectivity index (χ0v) is 19.0. The Balaban J connectivity index is 1.29. The predicted octanol–water partition coefficient (Wildman–Crippen LogP) is 3.60. The average Bonchev–Trinajstić information content (AvgIpc) is 2.84. The van der Waals surface area contributed by atoms with Gasteiger partial charge in [-0.1, -0.05) is 18.2 Å².